The topological polar surface area (TPSA) is 55.1 Å². The fourth-order valence-corrected chi connectivity index (χ4v) is 2.42. The summed E-state index contributed by atoms with van der Waals surface area (Å²) in [5.41, 5.74) is 7.00. The van der Waals surface area contributed by atoms with Gasteiger partial charge in [-0.05, 0) is 17.7 Å². The molecule has 3 N–H and O–H groups in total. The van der Waals surface area contributed by atoms with E-state index in [9.17, 15) is 9.18 Å². The monoisotopic (exact) mass is 326 g/mol. The highest BCUT2D eigenvalue weighted by Gasteiger charge is 2.15. The number of benzene rings is 2. The summed E-state index contributed by atoms with van der Waals surface area (Å²) < 4.78 is 13.1. The van der Waals surface area contributed by atoms with Crippen LogP contribution in [0.1, 0.15) is 18.0 Å². The molecular formula is C15H13Cl2FN2O. The summed E-state index contributed by atoms with van der Waals surface area (Å²) >= 11 is 11.7. The van der Waals surface area contributed by atoms with Gasteiger partial charge in [-0.3, -0.25) is 4.79 Å². The van der Waals surface area contributed by atoms with Gasteiger partial charge >= 0.3 is 0 Å². The van der Waals surface area contributed by atoms with Crippen LogP contribution in [0.4, 0.5) is 10.1 Å². The minimum absolute atomic E-state index is 0.0432. The first-order chi connectivity index (χ1) is 9.97. The summed E-state index contributed by atoms with van der Waals surface area (Å²) in [4.78, 5) is 12.0. The molecule has 1 unspecified atom stereocenters. The quantitative estimate of drug-likeness (QED) is 0.886. The van der Waals surface area contributed by atoms with E-state index in [4.69, 9.17) is 28.9 Å². The Kier molecular flexibility index (Phi) is 5.17. The van der Waals surface area contributed by atoms with Crippen molar-refractivity contribution in [2.24, 2.45) is 5.73 Å². The molecule has 3 nitrogen and oxygen atoms in total. The van der Waals surface area contributed by atoms with Crippen LogP contribution in [-0.2, 0) is 4.79 Å². The van der Waals surface area contributed by atoms with Gasteiger partial charge < -0.3 is 11.1 Å². The number of anilines is 1. The first kappa shape index (κ1) is 15.8. The molecule has 2 rings (SSSR count). The lowest BCUT2D eigenvalue weighted by molar-refractivity contribution is -0.116. The van der Waals surface area contributed by atoms with E-state index in [-0.39, 0.29) is 28.1 Å². The zero-order chi connectivity index (χ0) is 15.4. The lowest BCUT2D eigenvalue weighted by atomic mass is 10.0. The van der Waals surface area contributed by atoms with Gasteiger partial charge in [-0.1, -0.05) is 53.5 Å². The van der Waals surface area contributed by atoms with Crippen molar-refractivity contribution in [2.75, 3.05) is 5.32 Å². The summed E-state index contributed by atoms with van der Waals surface area (Å²) in [5, 5.41) is 2.64. The van der Waals surface area contributed by atoms with Crippen LogP contribution < -0.4 is 11.1 Å². The van der Waals surface area contributed by atoms with Gasteiger partial charge in [0, 0.05) is 12.5 Å². The van der Waals surface area contributed by atoms with E-state index >= 15 is 0 Å². The van der Waals surface area contributed by atoms with Crippen molar-refractivity contribution < 1.29 is 9.18 Å². The van der Waals surface area contributed by atoms with Crippen LogP contribution in [0, 0.1) is 5.82 Å². The van der Waals surface area contributed by atoms with Crippen LogP contribution in [0.5, 0.6) is 0 Å². The second-order valence-corrected chi connectivity index (χ2v) is 5.33. The largest absolute Gasteiger partial charge is 0.324 e. The third-order valence-corrected chi connectivity index (χ3v) is 3.50. The molecule has 1 amide bonds. The molecule has 0 heterocycles. The van der Waals surface area contributed by atoms with Crippen LogP contribution in [0.25, 0.3) is 0 Å². The molecule has 0 aliphatic rings. The third kappa shape index (κ3) is 4.17. The van der Waals surface area contributed by atoms with Gasteiger partial charge in [0.1, 0.15) is 5.82 Å². The summed E-state index contributed by atoms with van der Waals surface area (Å²) in [6.07, 6.45) is 0.0635. The minimum Gasteiger partial charge on any atom is -0.324 e. The Morgan fingerprint density at radius 3 is 2.33 bits per heavy atom. The van der Waals surface area contributed by atoms with Crippen molar-refractivity contribution in [2.45, 2.75) is 12.5 Å². The van der Waals surface area contributed by atoms with Crippen molar-refractivity contribution in [1.29, 1.82) is 0 Å². The average molecular weight is 327 g/mol. The van der Waals surface area contributed by atoms with Crippen LogP contribution in [0.3, 0.4) is 0 Å². The van der Waals surface area contributed by atoms with E-state index < -0.39 is 11.9 Å². The van der Waals surface area contributed by atoms with Crippen molar-refractivity contribution >= 4 is 34.8 Å². The number of hydrogen-bond donors (Lipinski definition) is 2. The average Bonchev–Trinajstić information content (AvgIpc) is 2.43. The lowest BCUT2D eigenvalue weighted by Gasteiger charge is -2.13. The Balaban J connectivity index is 2.06. The molecule has 6 heteroatoms. The lowest BCUT2D eigenvalue weighted by Crippen LogP contribution is -2.20. The van der Waals surface area contributed by atoms with Gasteiger partial charge in [0.2, 0.25) is 5.91 Å². The van der Waals surface area contributed by atoms with Crippen molar-refractivity contribution in [1.82, 2.24) is 0 Å². The molecule has 0 spiro atoms. The Labute approximate surface area is 131 Å². The molecule has 2 aromatic rings. The van der Waals surface area contributed by atoms with E-state index in [0.717, 1.165) is 17.7 Å². The zero-order valence-corrected chi connectivity index (χ0v) is 12.5. The van der Waals surface area contributed by atoms with Gasteiger partial charge in [-0.25, -0.2) is 4.39 Å². The van der Waals surface area contributed by atoms with Crippen molar-refractivity contribution in [3.63, 3.8) is 0 Å². The molecule has 21 heavy (non-hydrogen) atoms. The molecule has 0 saturated carbocycles. The number of carbonyl (C=O) groups is 1. The van der Waals surface area contributed by atoms with E-state index in [2.05, 4.69) is 5.32 Å². The summed E-state index contributed by atoms with van der Waals surface area (Å²) in [6, 6.07) is 11.0. The highest BCUT2D eigenvalue weighted by molar-refractivity contribution is 6.39. The maximum Gasteiger partial charge on any atom is 0.226 e. The number of halogens is 3. The first-order valence-electron chi connectivity index (χ1n) is 6.22. The van der Waals surface area contributed by atoms with Gasteiger partial charge in [0.05, 0.1) is 15.7 Å². The Morgan fingerprint density at radius 1 is 1.19 bits per heavy atom. The number of hydrogen-bond acceptors (Lipinski definition) is 2. The van der Waals surface area contributed by atoms with Crippen molar-refractivity contribution in [3.8, 4) is 0 Å². The number of carbonyl (C=O) groups excluding carboxylic acids is 1. The van der Waals surface area contributed by atoms with Crippen LogP contribution in [0.15, 0.2) is 42.5 Å². The number of amides is 1. The molecule has 0 fully saturated rings. The predicted octanol–water partition coefficient (Wildman–Crippen LogP) is 4.16. The smallest absolute Gasteiger partial charge is 0.226 e. The standard InChI is InChI=1S/C15H13Cl2FN2O/c16-11-6-10(18)7-12(17)15(11)20-14(21)8-13(19)9-4-2-1-3-5-9/h1-7,13H,8,19H2,(H,20,21). The molecule has 1 atom stereocenters. The zero-order valence-electron chi connectivity index (χ0n) is 10.9. The fraction of sp³-hybridized carbons (Fsp3) is 0.133. The van der Waals surface area contributed by atoms with Gasteiger partial charge in [-0.15, -0.1) is 0 Å². The fourth-order valence-electron chi connectivity index (χ4n) is 1.87. The normalized spacial score (nSPS) is 12.0. The van der Waals surface area contributed by atoms with E-state index in [1.807, 2.05) is 30.3 Å². The molecule has 0 bridgehead atoms. The van der Waals surface area contributed by atoms with Crippen molar-refractivity contribution in [3.05, 3.63) is 63.9 Å². The predicted molar refractivity (Wildman–Crippen MR) is 83.0 cm³/mol. The minimum atomic E-state index is -0.566. The molecule has 2 aromatic carbocycles. The van der Waals surface area contributed by atoms with Crippen LogP contribution >= 0.6 is 23.2 Å². The second-order valence-electron chi connectivity index (χ2n) is 4.51. The second kappa shape index (κ2) is 6.89. The summed E-state index contributed by atoms with van der Waals surface area (Å²) in [7, 11) is 0. The highest BCUT2D eigenvalue weighted by atomic mass is 35.5. The maximum atomic E-state index is 13.1. The number of nitrogens with one attached hydrogen (secondary N) is 1. The molecule has 0 aromatic heterocycles. The number of rotatable bonds is 4. The molecular weight excluding hydrogens is 314 g/mol. The van der Waals surface area contributed by atoms with Gasteiger partial charge in [-0.2, -0.15) is 0 Å². The van der Waals surface area contributed by atoms with Crippen LogP contribution in [-0.4, -0.2) is 5.91 Å². The van der Waals surface area contributed by atoms with E-state index in [1.54, 1.807) is 0 Å². The Morgan fingerprint density at radius 2 is 1.76 bits per heavy atom. The molecule has 110 valence electrons. The maximum absolute atomic E-state index is 13.1. The van der Waals surface area contributed by atoms with E-state index in [0.29, 0.717) is 0 Å². The van der Waals surface area contributed by atoms with E-state index in [1.165, 1.54) is 0 Å². The highest BCUT2D eigenvalue weighted by Crippen LogP contribution is 2.31. The molecule has 0 aliphatic heterocycles. The Hall–Kier alpha value is -1.62. The first-order valence-corrected chi connectivity index (χ1v) is 6.98. The van der Waals surface area contributed by atoms with Gasteiger partial charge in [0.15, 0.2) is 0 Å². The summed E-state index contributed by atoms with van der Waals surface area (Å²) in [6.45, 7) is 0. The molecule has 0 radical (unpaired) electrons. The molecule has 0 aliphatic carbocycles. The van der Waals surface area contributed by atoms with Crippen LogP contribution in [0.2, 0.25) is 10.0 Å². The molecule has 0 saturated heterocycles. The SMILES string of the molecule is NC(CC(=O)Nc1c(Cl)cc(F)cc1Cl)c1ccccc1. The van der Waals surface area contributed by atoms with Gasteiger partial charge in [0.25, 0.3) is 0 Å². The summed E-state index contributed by atoms with van der Waals surface area (Å²) in [5.74, 6) is -0.911. The third-order valence-electron chi connectivity index (χ3n) is 2.90. The Bertz CT molecular complexity index is 626. The number of nitrogens with two attached hydrogens (primary N) is 1.